The number of hydrogen-bond acceptors (Lipinski definition) is 4. The fourth-order valence-corrected chi connectivity index (χ4v) is 1.93. The van der Waals surface area contributed by atoms with Crippen molar-refractivity contribution in [2.75, 3.05) is 0 Å². The molecule has 94 valence electrons. The van der Waals surface area contributed by atoms with Crippen molar-refractivity contribution in [2.45, 2.75) is 6.92 Å². The Morgan fingerprint density at radius 3 is 2.63 bits per heavy atom. The van der Waals surface area contributed by atoms with Crippen LogP contribution in [-0.2, 0) is 0 Å². The molecule has 0 aliphatic carbocycles. The Morgan fingerprint density at radius 1 is 1.26 bits per heavy atom. The van der Waals surface area contributed by atoms with Crippen molar-refractivity contribution in [3.63, 3.8) is 0 Å². The first-order valence-electron chi connectivity index (χ1n) is 5.80. The van der Waals surface area contributed by atoms with Crippen LogP contribution in [0.1, 0.15) is 17.3 Å². The van der Waals surface area contributed by atoms with E-state index < -0.39 is 0 Å². The van der Waals surface area contributed by atoms with Crippen LogP contribution in [0, 0.1) is 0 Å². The summed E-state index contributed by atoms with van der Waals surface area (Å²) in [7, 11) is 0. The lowest BCUT2D eigenvalue weighted by molar-refractivity contribution is 0.101. The van der Waals surface area contributed by atoms with Crippen molar-refractivity contribution < 1.29 is 9.90 Å². The molecule has 0 aliphatic heterocycles. The fraction of sp³-hybridized carbons (Fsp3) is 0.0714. The van der Waals surface area contributed by atoms with Gasteiger partial charge in [0.15, 0.2) is 5.78 Å². The molecule has 0 fully saturated rings. The third-order valence-corrected chi connectivity index (χ3v) is 2.94. The maximum Gasteiger partial charge on any atom is 0.237 e. The van der Waals surface area contributed by atoms with Gasteiger partial charge in [0.1, 0.15) is 5.69 Å². The highest BCUT2D eigenvalue weighted by atomic mass is 16.3. The van der Waals surface area contributed by atoms with Crippen molar-refractivity contribution in [3.05, 3.63) is 48.3 Å². The zero-order valence-electron chi connectivity index (χ0n) is 10.2. The first-order chi connectivity index (χ1) is 9.16. The van der Waals surface area contributed by atoms with Crippen LogP contribution in [0.4, 0.5) is 0 Å². The third kappa shape index (κ3) is 1.85. The number of hydrogen-bond donors (Lipinski definition) is 1. The molecule has 2 heterocycles. The van der Waals surface area contributed by atoms with Crippen molar-refractivity contribution >= 4 is 11.6 Å². The maximum absolute atomic E-state index is 11.2. The molecule has 0 atom stereocenters. The molecule has 1 aromatic carbocycles. The molecule has 3 rings (SSSR count). The van der Waals surface area contributed by atoms with Gasteiger partial charge in [0, 0.05) is 23.5 Å². The van der Waals surface area contributed by atoms with Gasteiger partial charge in [-0.15, -0.1) is 0 Å². The summed E-state index contributed by atoms with van der Waals surface area (Å²) in [5.74, 6) is 0.483. The molecule has 19 heavy (non-hydrogen) atoms. The van der Waals surface area contributed by atoms with Gasteiger partial charge in [-0.1, -0.05) is 24.3 Å². The van der Waals surface area contributed by atoms with E-state index in [1.165, 1.54) is 11.3 Å². The number of aromatic hydroxyl groups is 1. The minimum absolute atomic E-state index is 0.00689. The summed E-state index contributed by atoms with van der Waals surface area (Å²) in [4.78, 5) is 19.6. The second-order valence-electron chi connectivity index (χ2n) is 4.21. The molecule has 1 N–H and O–H groups in total. The summed E-state index contributed by atoms with van der Waals surface area (Å²) in [6.45, 7) is 1.52. The van der Waals surface area contributed by atoms with Crippen LogP contribution in [0.2, 0.25) is 0 Å². The molecule has 0 amide bonds. The Balaban J connectivity index is 2.13. The molecule has 0 bridgehead atoms. The van der Waals surface area contributed by atoms with Crippen LogP contribution in [0.5, 0.6) is 5.88 Å². The molecule has 2 aromatic heterocycles. The molecular weight excluding hydrogens is 242 g/mol. The van der Waals surface area contributed by atoms with Gasteiger partial charge in [-0.25, -0.2) is 9.97 Å². The number of fused-ring (bicyclic) bond motifs is 1. The van der Waals surface area contributed by atoms with Gasteiger partial charge in [-0.2, -0.15) is 0 Å². The van der Waals surface area contributed by atoms with E-state index in [0.29, 0.717) is 17.0 Å². The average Bonchev–Trinajstić information content (AvgIpc) is 2.77. The van der Waals surface area contributed by atoms with Crippen LogP contribution in [0.25, 0.3) is 17.0 Å². The minimum atomic E-state index is 0.00689. The number of rotatable bonds is 2. The van der Waals surface area contributed by atoms with Crippen LogP contribution in [0.3, 0.4) is 0 Å². The van der Waals surface area contributed by atoms with E-state index >= 15 is 0 Å². The topological polar surface area (TPSA) is 67.5 Å². The molecule has 0 saturated heterocycles. The number of ketones is 1. The molecule has 0 saturated carbocycles. The number of aromatic nitrogens is 3. The summed E-state index contributed by atoms with van der Waals surface area (Å²) in [6.07, 6.45) is 3.31. The fourth-order valence-electron chi connectivity index (χ4n) is 1.93. The first kappa shape index (κ1) is 11.4. The highest BCUT2D eigenvalue weighted by Gasteiger charge is 2.13. The molecule has 0 aliphatic rings. The lowest BCUT2D eigenvalue weighted by atomic mass is 10.1. The quantitative estimate of drug-likeness (QED) is 0.711. The van der Waals surface area contributed by atoms with Gasteiger partial charge in [-0.05, 0) is 13.0 Å². The van der Waals surface area contributed by atoms with Crippen molar-refractivity contribution in [2.24, 2.45) is 0 Å². The zero-order chi connectivity index (χ0) is 13.4. The van der Waals surface area contributed by atoms with Crippen LogP contribution >= 0.6 is 0 Å². The Labute approximate surface area is 109 Å². The van der Waals surface area contributed by atoms with E-state index in [1.54, 1.807) is 42.7 Å². The Bertz CT molecular complexity index is 760. The second kappa shape index (κ2) is 4.20. The van der Waals surface area contributed by atoms with Crippen molar-refractivity contribution in [3.8, 4) is 17.1 Å². The number of Topliss-reactive ketones (excluding diaryl/α,β-unsaturated/α-hetero) is 1. The normalized spacial score (nSPS) is 10.8. The van der Waals surface area contributed by atoms with E-state index in [0.717, 1.165) is 5.56 Å². The van der Waals surface area contributed by atoms with E-state index in [-0.39, 0.29) is 11.7 Å². The van der Waals surface area contributed by atoms with Crippen molar-refractivity contribution in [1.82, 2.24) is 14.4 Å². The van der Waals surface area contributed by atoms with E-state index in [2.05, 4.69) is 9.97 Å². The Kier molecular flexibility index (Phi) is 2.52. The van der Waals surface area contributed by atoms with Crippen LogP contribution in [-0.4, -0.2) is 25.3 Å². The maximum atomic E-state index is 11.2. The molecule has 5 heteroatoms. The second-order valence-corrected chi connectivity index (χ2v) is 4.21. The van der Waals surface area contributed by atoms with E-state index in [1.807, 2.05) is 0 Å². The number of benzene rings is 1. The number of imidazole rings is 1. The molecule has 5 nitrogen and oxygen atoms in total. The highest BCUT2D eigenvalue weighted by Crippen LogP contribution is 2.28. The highest BCUT2D eigenvalue weighted by molar-refractivity contribution is 5.94. The molecule has 0 spiro atoms. The van der Waals surface area contributed by atoms with Gasteiger partial charge < -0.3 is 5.11 Å². The average molecular weight is 253 g/mol. The predicted octanol–water partition coefficient (Wildman–Crippen LogP) is 2.30. The van der Waals surface area contributed by atoms with Gasteiger partial charge >= 0.3 is 0 Å². The summed E-state index contributed by atoms with van der Waals surface area (Å²) in [5, 5.41) is 10.1. The summed E-state index contributed by atoms with van der Waals surface area (Å²) in [5.41, 5.74) is 1.83. The number of carbonyl (C=O) groups is 1. The minimum Gasteiger partial charge on any atom is -0.493 e. The molecular formula is C14H11N3O2. The smallest absolute Gasteiger partial charge is 0.237 e. The summed E-state index contributed by atoms with van der Waals surface area (Å²) >= 11 is 0. The zero-order valence-corrected chi connectivity index (χ0v) is 10.2. The molecule has 3 aromatic rings. The summed E-state index contributed by atoms with van der Waals surface area (Å²) < 4.78 is 1.51. The molecule has 0 radical (unpaired) electrons. The Hall–Kier alpha value is -2.69. The van der Waals surface area contributed by atoms with Crippen molar-refractivity contribution in [1.29, 1.82) is 0 Å². The van der Waals surface area contributed by atoms with E-state index in [4.69, 9.17) is 0 Å². The van der Waals surface area contributed by atoms with Crippen LogP contribution in [0.15, 0.2) is 42.7 Å². The van der Waals surface area contributed by atoms with E-state index in [9.17, 15) is 9.90 Å². The van der Waals surface area contributed by atoms with Gasteiger partial charge in [0.2, 0.25) is 11.7 Å². The first-order valence-corrected chi connectivity index (χ1v) is 5.80. The third-order valence-electron chi connectivity index (χ3n) is 2.94. The summed E-state index contributed by atoms with van der Waals surface area (Å²) in [6, 6.07) is 8.68. The predicted molar refractivity (Wildman–Crippen MR) is 70.1 cm³/mol. The van der Waals surface area contributed by atoms with Gasteiger partial charge in [0.05, 0.1) is 0 Å². The molecule has 0 unspecified atom stereocenters. The van der Waals surface area contributed by atoms with Crippen LogP contribution < -0.4 is 0 Å². The SMILES string of the molecule is CC(=O)c1ccc(-c2nc3ncccn3c2O)cc1. The van der Waals surface area contributed by atoms with Gasteiger partial charge in [0.25, 0.3) is 0 Å². The number of nitrogens with zero attached hydrogens (tertiary/aromatic N) is 3. The lowest BCUT2D eigenvalue weighted by Crippen LogP contribution is -1.90. The Morgan fingerprint density at radius 2 is 2.00 bits per heavy atom. The lowest BCUT2D eigenvalue weighted by Gasteiger charge is -1.99. The number of carbonyl (C=O) groups excluding carboxylic acids is 1. The largest absolute Gasteiger partial charge is 0.493 e. The monoisotopic (exact) mass is 253 g/mol. The van der Waals surface area contributed by atoms with Gasteiger partial charge in [-0.3, -0.25) is 9.20 Å². The standard InChI is InChI=1S/C14H11N3O2/c1-9(18)10-3-5-11(6-4-10)12-13(19)17-8-2-7-15-14(17)16-12/h2-8,19H,1H3.